The van der Waals surface area contributed by atoms with Gasteiger partial charge in [-0.25, -0.2) is 9.97 Å². The van der Waals surface area contributed by atoms with Crippen molar-refractivity contribution in [2.75, 3.05) is 24.5 Å². The first-order valence-corrected chi connectivity index (χ1v) is 12.6. The standard InChI is InChI=1S/C25H37N5O2/c1-25(2)13-20(19-15-26-24(28-21(19)14-25)29-10-6-7-11-29)27-23(32)17-12-22(31)30(16-17)18-8-4-3-5-9-18/h15,17-18,20H,3-14,16H2,1-2H3,(H,27,32). The molecule has 2 aliphatic carbocycles. The lowest BCUT2D eigenvalue weighted by molar-refractivity contribution is -0.130. The minimum absolute atomic E-state index is 0.00827. The van der Waals surface area contributed by atoms with Gasteiger partial charge in [-0.15, -0.1) is 0 Å². The number of nitrogens with zero attached hydrogens (tertiary/aromatic N) is 4. The summed E-state index contributed by atoms with van der Waals surface area (Å²) in [5, 5.41) is 3.29. The number of hydrogen-bond donors (Lipinski definition) is 1. The third-order valence-corrected chi connectivity index (χ3v) is 7.92. The van der Waals surface area contributed by atoms with Crippen LogP contribution in [-0.4, -0.2) is 52.4 Å². The predicted octanol–water partition coefficient (Wildman–Crippen LogP) is 3.39. The largest absolute Gasteiger partial charge is 0.349 e. The number of nitrogens with one attached hydrogen (secondary N) is 1. The Morgan fingerprint density at radius 2 is 1.88 bits per heavy atom. The first kappa shape index (κ1) is 21.7. The van der Waals surface area contributed by atoms with Crippen LogP contribution < -0.4 is 10.2 Å². The molecule has 1 aromatic heterocycles. The van der Waals surface area contributed by atoms with Crippen LogP contribution in [0.25, 0.3) is 0 Å². The van der Waals surface area contributed by atoms with Crippen molar-refractivity contribution in [3.8, 4) is 0 Å². The number of carbonyl (C=O) groups excluding carboxylic acids is 2. The Labute approximate surface area is 191 Å². The van der Waals surface area contributed by atoms with E-state index in [0.29, 0.717) is 19.0 Å². The van der Waals surface area contributed by atoms with Crippen LogP contribution in [0.4, 0.5) is 5.95 Å². The summed E-state index contributed by atoms with van der Waals surface area (Å²) >= 11 is 0. The number of amides is 2. The van der Waals surface area contributed by atoms with Crippen LogP contribution in [0.15, 0.2) is 6.20 Å². The summed E-state index contributed by atoms with van der Waals surface area (Å²) in [5.74, 6) is 0.741. The molecule has 2 atom stereocenters. The van der Waals surface area contributed by atoms with Crippen molar-refractivity contribution in [3.63, 3.8) is 0 Å². The summed E-state index contributed by atoms with van der Waals surface area (Å²) in [4.78, 5) is 39.8. The fourth-order valence-corrected chi connectivity index (χ4v) is 6.18. The molecule has 1 aromatic rings. The maximum Gasteiger partial charge on any atom is 0.225 e. The molecular formula is C25H37N5O2. The summed E-state index contributed by atoms with van der Waals surface area (Å²) in [7, 11) is 0. The number of rotatable bonds is 4. The molecule has 1 saturated carbocycles. The first-order valence-electron chi connectivity index (χ1n) is 12.6. The minimum Gasteiger partial charge on any atom is -0.349 e. The van der Waals surface area contributed by atoms with Gasteiger partial charge in [-0.3, -0.25) is 9.59 Å². The van der Waals surface area contributed by atoms with E-state index in [2.05, 4.69) is 29.0 Å². The molecule has 0 radical (unpaired) electrons. The van der Waals surface area contributed by atoms with E-state index in [9.17, 15) is 9.59 Å². The van der Waals surface area contributed by atoms with E-state index in [-0.39, 0.29) is 29.2 Å². The molecule has 7 nitrogen and oxygen atoms in total. The normalized spacial score (nSPS) is 28.1. The zero-order chi connectivity index (χ0) is 22.3. The Balaban J connectivity index is 1.29. The fourth-order valence-electron chi connectivity index (χ4n) is 6.18. The summed E-state index contributed by atoms with van der Waals surface area (Å²) in [5.41, 5.74) is 2.17. The van der Waals surface area contributed by atoms with Gasteiger partial charge in [-0.1, -0.05) is 33.1 Å². The molecule has 3 fully saturated rings. The average Bonchev–Trinajstić information content (AvgIpc) is 3.43. The van der Waals surface area contributed by atoms with Crippen molar-refractivity contribution in [1.29, 1.82) is 0 Å². The molecule has 0 bridgehead atoms. The number of fused-ring (bicyclic) bond motifs is 1. The van der Waals surface area contributed by atoms with E-state index < -0.39 is 0 Å². The maximum absolute atomic E-state index is 13.2. The van der Waals surface area contributed by atoms with E-state index >= 15 is 0 Å². The van der Waals surface area contributed by atoms with Gasteiger partial charge in [-0.05, 0) is 43.9 Å². The highest BCUT2D eigenvalue weighted by molar-refractivity contribution is 5.89. The van der Waals surface area contributed by atoms with Gasteiger partial charge in [-0.2, -0.15) is 0 Å². The zero-order valence-electron chi connectivity index (χ0n) is 19.6. The van der Waals surface area contributed by atoms with Crippen LogP contribution in [0.1, 0.15) is 88.9 Å². The first-order chi connectivity index (χ1) is 15.4. The van der Waals surface area contributed by atoms with Gasteiger partial charge in [0.15, 0.2) is 0 Å². The topological polar surface area (TPSA) is 78.4 Å². The lowest BCUT2D eigenvalue weighted by Gasteiger charge is -2.37. The van der Waals surface area contributed by atoms with Gasteiger partial charge in [0.05, 0.1) is 17.7 Å². The van der Waals surface area contributed by atoms with Crippen LogP contribution in [-0.2, 0) is 16.0 Å². The molecule has 174 valence electrons. The molecule has 4 aliphatic rings. The van der Waals surface area contributed by atoms with Gasteiger partial charge in [0, 0.05) is 43.9 Å². The van der Waals surface area contributed by atoms with Crippen molar-refractivity contribution < 1.29 is 9.59 Å². The summed E-state index contributed by atoms with van der Waals surface area (Å²) in [6.45, 7) is 7.11. The summed E-state index contributed by atoms with van der Waals surface area (Å²) < 4.78 is 0. The van der Waals surface area contributed by atoms with Crippen LogP contribution in [0, 0.1) is 11.3 Å². The highest BCUT2D eigenvalue weighted by atomic mass is 16.2. The molecule has 5 rings (SSSR count). The monoisotopic (exact) mass is 439 g/mol. The van der Waals surface area contributed by atoms with Gasteiger partial charge in [0.1, 0.15) is 0 Å². The number of aromatic nitrogens is 2. The number of hydrogen-bond acceptors (Lipinski definition) is 5. The highest BCUT2D eigenvalue weighted by Gasteiger charge is 2.40. The Hall–Kier alpha value is -2.18. The molecule has 1 N–H and O–H groups in total. The van der Waals surface area contributed by atoms with Crippen LogP contribution in [0.3, 0.4) is 0 Å². The van der Waals surface area contributed by atoms with Gasteiger partial charge < -0.3 is 15.1 Å². The second-order valence-electron chi connectivity index (χ2n) is 11.1. The van der Waals surface area contributed by atoms with E-state index in [0.717, 1.165) is 56.0 Å². The van der Waals surface area contributed by atoms with Crippen LogP contribution >= 0.6 is 0 Å². The van der Waals surface area contributed by atoms with Crippen molar-refractivity contribution in [2.24, 2.45) is 11.3 Å². The fraction of sp³-hybridized carbons (Fsp3) is 0.760. The zero-order valence-corrected chi connectivity index (χ0v) is 19.6. The molecule has 2 unspecified atom stereocenters. The second-order valence-corrected chi connectivity index (χ2v) is 11.1. The molecule has 2 saturated heterocycles. The van der Waals surface area contributed by atoms with Gasteiger partial charge in [0.2, 0.25) is 17.8 Å². The molecular weight excluding hydrogens is 402 g/mol. The molecule has 2 aliphatic heterocycles. The lowest BCUT2D eigenvalue weighted by atomic mass is 9.74. The summed E-state index contributed by atoms with van der Waals surface area (Å²) in [6, 6.07) is 0.244. The predicted molar refractivity (Wildman–Crippen MR) is 123 cm³/mol. The maximum atomic E-state index is 13.2. The van der Waals surface area contributed by atoms with E-state index in [1.165, 1.54) is 32.1 Å². The minimum atomic E-state index is -0.247. The SMILES string of the molecule is CC1(C)Cc2nc(N3CCCC3)ncc2C(NC(=O)C2CC(=O)N(C3CCCCC3)C2)C1. The van der Waals surface area contributed by atoms with Crippen LogP contribution in [0.2, 0.25) is 0 Å². The Morgan fingerprint density at radius 1 is 1.12 bits per heavy atom. The number of carbonyl (C=O) groups is 2. The third kappa shape index (κ3) is 4.35. The van der Waals surface area contributed by atoms with E-state index in [1.54, 1.807) is 0 Å². The Morgan fingerprint density at radius 3 is 2.62 bits per heavy atom. The molecule has 32 heavy (non-hydrogen) atoms. The van der Waals surface area contributed by atoms with Crippen molar-refractivity contribution >= 4 is 17.8 Å². The Bertz CT molecular complexity index is 873. The van der Waals surface area contributed by atoms with Crippen molar-refractivity contribution in [1.82, 2.24) is 20.2 Å². The third-order valence-electron chi connectivity index (χ3n) is 7.92. The van der Waals surface area contributed by atoms with E-state index in [4.69, 9.17) is 4.98 Å². The highest BCUT2D eigenvalue weighted by Crippen LogP contribution is 2.41. The lowest BCUT2D eigenvalue weighted by Crippen LogP contribution is -2.42. The van der Waals surface area contributed by atoms with Crippen molar-refractivity contribution in [2.45, 2.75) is 90.1 Å². The Kier molecular flexibility index (Phi) is 5.84. The quantitative estimate of drug-likeness (QED) is 0.778. The summed E-state index contributed by atoms with van der Waals surface area (Å²) in [6.07, 6.45) is 12.3. The van der Waals surface area contributed by atoms with Gasteiger partial charge in [0.25, 0.3) is 0 Å². The van der Waals surface area contributed by atoms with Gasteiger partial charge >= 0.3 is 0 Å². The second kappa shape index (κ2) is 8.64. The smallest absolute Gasteiger partial charge is 0.225 e. The van der Waals surface area contributed by atoms with Crippen molar-refractivity contribution in [3.05, 3.63) is 17.5 Å². The number of anilines is 1. The molecule has 7 heteroatoms. The number of likely N-dealkylation sites (tertiary alicyclic amines) is 1. The average molecular weight is 440 g/mol. The molecule has 3 heterocycles. The van der Waals surface area contributed by atoms with E-state index in [1.807, 2.05) is 11.1 Å². The molecule has 2 amide bonds. The van der Waals surface area contributed by atoms with Crippen LogP contribution in [0.5, 0.6) is 0 Å². The molecule has 0 spiro atoms. The molecule has 0 aromatic carbocycles.